The highest BCUT2D eigenvalue weighted by molar-refractivity contribution is 6.12. The van der Waals surface area contributed by atoms with Crippen molar-refractivity contribution in [1.29, 1.82) is 0 Å². The van der Waals surface area contributed by atoms with E-state index in [4.69, 9.17) is 0 Å². The molecule has 2 nitrogen and oxygen atoms in total. The number of benzene rings is 9. The zero-order chi connectivity index (χ0) is 34.2. The van der Waals surface area contributed by atoms with Gasteiger partial charge in [-0.1, -0.05) is 133 Å². The molecule has 0 saturated heterocycles. The molecule has 11 rings (SSSR count). The molecular weight excluding hydrogens is 629 g/mol. The van der Waals surface area contributed by atoms with E-state index in [1.54, 1.807) is 0 Å². The Bertz CT molecular complexity index is 3180. The van der Waals surface area contributed by atoms with Crippen molar-refractivity contribution in [1.82, 2.24) is 9.13 Å². The van der Waals surface area contributed by atoms with Crippen LogP contribution in [-0.4, -0.2) is 9.13 Å². The number of nitrogens with zero attached hydrogens (tertiary/aromatic N) is 2. The highest BCUT2D eigenvalue weighted by atomic mass is 15.0. The number of aromatic nitrogens is 2. The number of hydrogen-bond acceptors (Lipinski definition) is 0. The van der Waals surface area contributed by atoms with Crippen molar-refractivity contribution >= 4 is 65.2 Å². The van der Waals surface area contributed by atoms with Crippen LogP contribution in [0.3, 0.4) is 0 Å². The van der Waals surface area contributed by atoms with E-state index in [-0.39, 0.29) is 0 Å². The Kier molecular flexibility index (Phi) is 6.28. The lowest BCUT2D eigenvalue weighted by Crippen LogP contribution is -1.94. The summed E-state index contributed by atoms with van der Waals surface area (Å²) in [5.74, 6) is 0. The molecule has 242 valence electrons. The number of para-hydroxylation sites is 2. The molecular formula is C50H32N2. The summed E-state index contributed by atoms with van der Waals surface area (Å²) in [5, 5.41) is 10.1. The standard InChI is InChI=1S/C50H32N2/c1-3-11-36-29-38(18-17-33(36)9-1)35-19-24-41(25-20-35)51-47-15-7-5-13-43(47)45-27-22-40(32-50(45)51)39-23-28-49-46(31-39)44-14-6-8-16-48(44)52(49)42-26-21-34-10-2-4-12-37(34)30-42/h1-32H. The Balaban J connectivity index is 1.05. The Morgan fingerprint density at radius 2 is 0.692 bits per heavy atom. The quantitative estimate of drug-likeness (QED) is 0.178. The van der Waals surface area contributed by atoms with E-state index in [0.29, 0.717) is 0 Å². The molecule has 0 aliphatic carbocycles. The van der Waals surface area contributed by atoms with E-state index in [2.05, 4.69) is 203 Å². The average Bonchev–Trinajstić information content (AvgIpc) is 3.73. The van der Waals surface area contributed by atoms with Gasteiger partial charge in [-0.3, -0.25) is 0 Å². The Labute approximate surface area is 301 Å². The molecule has 0 radical (unpaired) electrons. The molecule has 0 aliphatic heterocycles. The molecule has 0 saturated carbocycles. The van der Waals surface area contributed by atoms with Crippen molar-refractivity contribution in [2.45, 2.75) is 0 Å². The first kappa shape index (κ1) is 28.9. The summed E-state index contributed by atoms with van der Waals surface area (Å²) in [6.07, 6.45) is 0. The molecule has 0 spiro atoms. The fourth-order valence-corrected chi connectivity index (χ4v) is 8.35. The normalized spacial score (nSPS) is 11.8. The molecule has 52 heavy (non-hydrogen) atoms. The summed E-state index contributed by atoms with van der Waals surface area (Å²) in [6, 6.07) is 71.1. The van der Waals surface area contributed by atoms with Crippen molar-refractivity contribution in [2.75, 3.05) is 0 Å². The monoisotopic (exact) mass is 660 g/mol. The highest BCUT2D eigenvalue weighted by Gasteiger charge is 2.16. The van der Waals surface area contributed by atoms with Crippen LogP contribution in [0, 0.1) is 0 Å². The summed E-state index contributed by atoms with van der Waals surface area (Å²) < 4.78 is 4.83. The van der Waals surface area contributed by atoms with Crippen molar-refractivity contribution in [2.24, 2.45) is 0 Å². The Hall–Kier alpha value is -6.90. The number of fused-ring (bicyclic) bond motifs is 8. The predicted octanol–water partition coefficient (Wildman–Crippen LogP) is 13.5. The summed E-state index contributed by atoms with van der Waals surface area (Å²) in [5.41, 5.74) is 12.0. The highest BCUT2D eigenvalue weighted by Crippen LogP contribution is 2.39. The van der Waals surface area contributed by atoms with Crippen LogP contribution >= 0.6 is 0 Å². The molecule has 2 heteroatoms. The minimum absolute atomic E-state index is 1.15. The first-order chi connectivity index (χ1) is 25.8. The van der Waals surface area contributed by atoms with Crippen molar-refractivity contribution < 1.29 is 0 Å². The van der Waals surface area contributed by atoms with Gasteiger partial charge in [-0.05, 0) is 104 Å². The van der Waals surface area contributed by atoms with Crippen LogP contribution in [0.1, 0.15) is 0 Å². The topological polar surface area (TPSA) is 9.86 Å². The van der Waals surface area contributed by atoms with E-state index >= 15 is 0 Å². The zero-order valence-corrected chi connectivity index (χ0v) is 28.4. The maximum absolute atomic E-state index is 2.42. The third-order valence-electron chi connectivity index (χ3n) is 10.9. The molecule has 0 fully saturated rings. The fourth-order valence-electron chi connectivity index (χ4n) is 8.35. The lowest BCUT2D eigenvalue weighted by molar-refractivity contribution is 1.18. The lowest BCUT2D eigenvalue weighted by atomic mass is 10.0. The average molecular weight is 661 g/mol. The number of rotatable bonds is 4. The molecule has 0 aliphatic rings. The second-order valence-corrected chi connectivity index (χ2v) is 13.8. The van der Waals surface area contributed by atoms with Crippen LogP contribution in [0.2, 0.25) is 0 Å². The zero-order valence-electron chi connectivity index (χ0n) is 28.4. The SMILES string of the molecule is c1ccc2cc(-c3ccc(-n4c5ccccc5c5ccc(-c6ccc7c(c6)c6ccccc6n7-c6ccc7ccccc7c6)cc54)cc3)ccc2c1. The van der Waals surface area contributed by atoms with E-state index < -0.39 is 0 Å². The molecule has 2 heterocycles. The van der Waals surface area contributed by atoms with Crippen LogP contribution in [0.25, 0.3) is 98.8 Å². The van der Waals surface area contributed by atoms with E-state index in [0.717, 1.165) is 5.69 Å². The van der Waals surface area contributed by atoms with Gasteiger partial charge < -0.3 is 9.13 Å². The third-order valence-corrected chi connectivity index (χ3v) is 10.9. The first-order valence-corrected chi connectivity index (χ1v) is 17.9. The number of hydrogen-bond donors (Lipinski definition) is 0. The molecule has 0 atom stereocenters. The van der Waals surface area contributed by atoms with Crippen LogP contribution < -0.4 is 0 Å². The van der Waals surface area contributed by atoms with Crippen LogP contribution in [0.15, 0.2) is 194 Å². The second-order valence-electron chi connectivity index (χ2n) is 13.8. The van der Waals surface area contributed by atoms with Gasteiger partial charge in [0.25, 0.3) is 0 Å². The van der Waals surface area contributed by atoms with Gasteiger partial charge in [-0.15, -0.1) is 0 Å². The Morgan fingerprint density at radius 3 is 1.44 bits per heavy atom. The fraction of sp³-hybridized carbons (Fsp3) is 0. The maximum atomic E-state index is 2.42. The smallest absolute Gasteiger partial charge is 0.0547 e. The predicted molar refractivity (Wildman–Crippen MR) is 221 cm³/mol. The summed E-state index contributed by atoms with van der Waals surface area (Å²) in [4.78, 5) is 0. The lowest BCUT2D eigenvalue weighted by Gasteiger charge is -2.11. The second kappa shape index (κ2) is 11.3. The van der Waals surface area contributed by atoms with Crippen LogP contribution in [0.4, 0.5) is 0 Å². The Morgan fingerprint density at radius 1 is 0.231 bits per heavy atom. The van der Waals surface area contributed by atoms with Gasteiger partial charge in [0, 0.05) is 32.9 Å². The van der Waals surface area contributed by atoms with Gasteiger partial charge in [-0.2, -0.15) is 0 Å². The molecule has 0 bridgehead atoms. The van der Waals surface area contributed by atoms with Gasteiger partial charge >= 0.3 is 0 Å². The van der Waals surface area contributed by atoms with Gasteiger partial charge in [0.05, 0.1) is 22.1 Å². The molecule has 0 unspecified atom stereocenters. The van der Waals surface area contributed by atoms with Crippen molar-refractivity contribution in [3.05, 3.63) is 194 Å². The molecule has 0 N–H and O–H groups in total. The van der Waals surface area contributed by atoms with Crippen molar-refractivity contribution in [3.8, 4) is 33.6 Å². The molecule has 2 aromatic heterocycles. The van der Waals surface area contributed by atoms with E-state index in [1.807, 2.05) is 0 Å². The van der Waals surface area contributed by atoms with Crippen molar-refractivity contribution in [3.63, 3.8) is 0 Å². The molecule has 9 aromatic carbocycles. The summed E-state index contributed by atoms with van der Waals surface area (Å²) >= 11 is 0. The van der Waals surface area contributed by atoms with Crippen LogP contribution in [0.5, 0.6) is 0 Å². The minimum atomic E-state index is 1.15. The summed E-state index contributed by atoms with van der Waals surface area (Å²) in [6.45, 7) is 0. The largest absolute Gasteiger partial charge is 0.309 e. The van der Waals surface area contributed by atoms with Gasteiger partial charge in [0.15, 0.2) is 0 Å². The maximum Gasteiger partial charge on any atom is 0.0547 e. The van der Waals surface area contributed by atoms with E-state index in [9.17, 15) is 0 Å². The molecule has 0 amide bonds. The van der Waals surface area contributed by atoms with E-state index in [1.165, 1.54) is 93.1 Å². The van der Waals surface area contributed by atoms with Crippen LogP contribution in [-0.2, 0) is 0 Å². The van der Waals surface area contributed by atoms with Gasteiger partial charge in [0.2, 0.25) is 0 Å². The summed E-state index contributed by atoms with van der Waals surface area (Å²) in [7, 11) is 0. The van der Waals surface area contributed by atoms with Gasteiger partial charge in [0.1, 0.15) is 0 Å². The third kappa shape index (κ3) is 4.44. The first-order valence-electron chi connectivity index (χ1n) is 17.9. The van der Waals surface area contributed by atoms with Gasteiger partial charge in [-0.25, -0.2) is 0 Å². The minimum Gasteiger partial charge on any atom is -0.309 e. The molecule has 11 aromatic rings.